The Morgan fingerprint density at radius 3 is 2.57 bits per heavy atom. The number of aromatic nitrogens is 1. The number of hydrogen-bond acceptors (Lipinski definition) is 6. The summed E-state index contributed by atoms with van der Waals surface area (Å²) in [5.74, 6) is 0.178. The molecule has 0 amide bonds. The van der Waals surface area contributed by atoms with E-state index in [1.165, 1.54) is 19.2 Å². The van der Waals surface area contributed by atoms with Gasteiger partial charge in [-0.15, -0.1) is 0 Å². The topological polar surface area (TPSA) is 104 Å². The van der Waals surface area contributed by atoms with Crippen molar-refractivity contribution in [3.05, 3.63) is 84.7 Å². The van der Waals surface area contributed by atoms with Gasteiger partial charge in [-0.25, -0.2) is 8.42 Å². The van der Waals surface area contributed by atoms with Crippen molar-refractivity contribution in [2.24, 2.45) is 11.7 Å². The van der Waals surface area contributed by atoms with E-state index < -0.39 is 21.7 Å². The van der Waals surface area contributed by atoms with Crippen LogP contribution in [-0.4, -0.2) is 39.4 Å². The van der Waals surface area contributed by atoms with E-state index in [1.54, 1.807) is 36.7 Å². The van der Waals surface area contributed by atoms with Gasteiger partial charge in [-0.05, 0) is 48.0 Å². The van der Waals surface area contributed by atoms with Gasteiger partial charge in [-0.1, -0.05) is 30.4 Å². The molecule has 8 heteroatoms. The maximum absolute atomic E-state index is 13.1. The van der Waals surface area contributed by atoms with Gasteiger partial charge in [0.2, 0.25) is 10.0 Å². The number of benzene rings is 1. The molecule has 0 fully saturated rings. The Balaban J connectivity index is 1.93. The monoisotopic (exact) mass is 427 g/mol. The Morgan fingerprint density at radius 2 is 1.90 bits per heavy atom. The summed E-state index contributed by atoms with van der Waals surface area (Å²) in [7, 11) is -2.37. The van der Waals surface area contributed by atoms with Crippen LogP contribution in [-0.2, 0) is 14.8 Å². The molecule has 0 radical (unpaired) electrons. The molecular weight excluding hydrogens is 402 g/mol. The first kappa shape index (κ1) is 21.9. The minimum absolute atomic E-state index is 0.110. The molecule has 2 unspecified atom stereocenters. The molecule has 1 aromatic carbocycles. The minimum Gasteiger partial charge on any atom is -0.497 e. The molecule has 1 aromatic heterocycles. The Labute approximate surface area is 177 Å². The number of nitrogens with zero attached hydrogens (tertiary/aromatic N) is 1. The molecule has 1 heterocycles. The van der Waals surface area contributed by atoms with E-state index in [0.717, 1.165) is 5.56 Å². The highest BCUT2D eigenvalue weighted by Crippen LogP contribution is 2.30. The van der Waals surface area contributed by atoms with E-state index in [4.69, 9.17) is 15.2 Å². The van der Waals surface area contributed by atoms with Crippen LogP contribution in [0, 0.1) is 5.92 Å². The summed E-state index contributed by atoms with van der Waals surface area (Å²) in [5, 5.41) is 0. The zero-order valence-corrected chi connectivity index (χ0v) is 17.5. The first-order valence-corrected chi connectivity index (χ1v) is 10.9. The van der Waals surface area contributed by atoms with Gasteiger partial charge in [0.25, 0.3) is 0 Å². The van der Waals surface area contributed by atoms with Crippen molar-refractivity contribution in [1.82, 2.24) is 9.71 Å². The fourth-order valence-electron chi connectivity index (χ4n) is 3.06. The fraction of sp³-hybridized carbons (Fsp3) is 0.227. The van der Waals surface area contributed by atoms with Crippen LogP contribution in [0.1, 0.15) is 5.56 Å². The largest absolute Gasteiger partial charge is 0.497 e. The molecule has 0 spiro atoms. The van der Waals surface area contributed by atoms with Crippen LogP contribution in [0.4, 0.5) is 0 Å². The van der Waals surface area contributed by atoms with Gasteiger partial charge in [0, 0.05) is 24.9 Å². The second kappa shape index (κ2) is 9.82. The highest BCUT2D eigenvalue weighted by molar-refractivity contribution is 7.89. The first-order chi connectivity index (χ1) is 14.5. The van der Waals surface area contributed by atoms with Crippen LogP contribution in [0.25, 0.3) is 6.08 Å². The molecule has 158 valence electrons. The van der Waals surface area contributed by atoms with Gasteiger partial charge < -0.3 is 15.2 Å². The zero-order chi connectivity index (χ0) is 21.5. The number of rotatable bonds is 9. The van der Waals surface area contributed by atoms with E-state index in [-0.39, 0.29) is 18.0 Å². The summed E-state index contributed by atoms with van der Waals surface area (Å²) in [6.07, 6.45) is 14.4. The predicted molar refractivity (Wildman–Crippen MR) is 116 cm³/mol. The summed E-state index contributed by atoms with van der Waals surface area (Å²) < 4.78 is 40.1. The summed E-state index contributed by atoms with van der Waals surface area (Å²) in [6.45, 7) is 0.438. The Hall–Kier alpha value is -2.78. The summed E-state index contributed by atoms with van der Waals surface area (Å²) >= 11 is 0. The van der Waals surface area contributed by atoms with Crippen molar-refractivity contribution in [2.45, 2.75) is 10.6 Å². The van der Waals surface area contributed by atoms with Crippen LogP contribution in [0.3, 0.4) is 0 Å². The molecule has 30 heavy (non-hydrogen) atoms. The van der Waals surface area contributed by atoms with E-state index in [9.17, 15) is 8.42 Å². The van der Waals surface area contributed by atoms with Gasteiger partial charge in [0.15, 0.2) is 5.72 Å². The van der Waals surface area contributed by atoms with Gasteiger partial charge in [-0.3, -0.25) is 4.98 Å². The van der Waals surface area contributed by atoms with E-state index in [0.29, 0.717) is 5.75 Å². The third-order valence-electron chi connectivity index (χ3n) is 4.59. The second-order valence-corrected chi connectivity index (χ2v) is 8.30. The molecule has 7 nitrogen and oxygen atoms in total. The molecule has 0 bridgehead atoms. The average Bonchev–Trinajstić information content (AvgIpc) is 2.77. The molecule has 2 aromatic rings. The number of sulfonamides is 1. The number of hydrogen-bond donors (Lipinski definition) is 2. The smallest absolute Gasteiger partial charge is 0.243 e. The second-order valence-electron chi connectivity index (χ2n) is 6.62. The zero-order valence-electron chi connectivity index (χ0n) is 16.6. The molecule has 3 N–H and O–H groups in total. The maximum atomic E-state index is 13.1. The lowest BCUT2D eigenvalue weighted by Gasteiger charge is -2.37. The lowest BCUT2D eigenvalue weighted by atomic mass is 9.90. The van der Waals surface area contributed by atoms with Gasteiger partial charge in [0.05, 0.1) is 18.6 Å². The quantitative estimate of drug-likeness (QED) is 0.596. The fourth-order valence-corrected chi connectivity index (χ4v) is 4.36. The lowest BCUT2D eigenvalue weighted by molar-refractivity contribution is -0.0317. The van der Waals surface area contributed by atoms with Crippen molar-refractivity contribution in [1.29, 1.82) is 0 Å². The Morgan fingerprint density at radius 1 is 1.17 bits per heavy atom. The van der Waals surface area contributed by atoms with E-state index in [2.05, 4.69) is 9.71 Å². The molecule has 3 rings (SSSR count). The maximum Gasteiger partial charge on any atom is 0.243 e. The van der Waals surface area contributed by atoms with Crippen molar-refractivity contribution < 1.29 is 17.9 Å². The molecule has 0 saturated heterocycles. The van der Waals surface area contributed by atoms with Gasteiger partial charge in [0.1, 0.15) is 5.75 Å². The standard InChI is InChI=1S/C22H25N3O4S/c1-28-20-7-9-21(10-8-20)30(26,27)25-22(29-17-14-23)13-3-2-4-19(22)6-5-18-11-15-24-16-12-18/h2-13,15-16,19,25H,14,17,23H2,1H3. The first-order valence-electron chi connectivity index (χ1n) is 9.45. The number of allylic oxidation sites excluding steroid dienone is 2. The van der Waals surface area contributed by atoms with E-state index >= 15 is 0 Å². The summed E-state index contributed by atoms with van der Waals surface area (Å²) in [5.41, 5.74) is 5.27. The summed E-state index contributed by atoms with van der Waals surface area (Å²) in [4.78, 5) is 4.12. The number of methoxy groups -OCH3 is 1. The van der Waals surface area contributed by atoms with Crippen LogP contribution >= 0.6 is 0 Å². The average molecular weight is 428 g/mol. The molecular formula is C22H25N3O4S. The van der Waals surface area contributed by atoms with Crippen LogP contribution in [0.15, 0.2) is 84.1 Å². The summed E-state index contributed by atoms with van der Waals surface area (Å²) in [6, 6.07) is 9.90. The highest BCUT2D eigenvalue weighted by Gasteiger charge is 2.40. The van der Waals surface area contributed by atoms with Crippen molar-refractivity contribution >= 4 is 16.1 Å². The SMILES string of the molecule is COc1ccc(S(=O)(=O)NC2(OCCN)C=CC=CC2C=Cc2ccncc2)cc1. The van der Waals surface area contributed by atoms with Crippen molar-refractivity contribution in [3.8, 4) is 5.75 Å². The van der Waals surface area contributed by atoms with Crippen LogP contribution in [0.5, 0.6) is 5.75 Å². The Bertz CT molecular complexity index is 1020. The van der Waals surface area contributed by atoms with Crippen LogP contribution < -0.4 is 15.2 Å². The normalized spacial score (nSPS) is 21.2. The number of nitrogens with one attached hydrogen (secondary N) is 1. The Kier molecular flexibility index (Phi) is 7.17. The molecule has 1 aliphatic carbocycles. The third-order valence-corrected chi connectivity index (χ3v) is 6.07. The van der Waals surface area contributed by atoms with E-state index in [1.807, 2.05) is 36.4 Å². The lowest BCUT2D eigenvalue weighted by Crippen LogP contribution is -2.54. The number of ether oxygens (including phenoxy) is 2. The molecule has 0 saturated carbocycles. The number of nitrogens with two attached hydrogens (primary N) is 1. The van der Waals surface area contributed by atoms with Gasteiger partial charge in [-0.2, -0.15) is 4.72 Å². The minimum atomic E-state index is -3.89. The molecule has 0 aliphatic heterocycles. The van der Waals surface area contributed by atoms with Crippen LogP contribution in [0.2, 0.25) is 0 Å². The number of pyridine rings is 1. The third kappa shape index (κ3) is 5.22. The van der Waals surface area contributed by atoms with Crippen molar-refractivity contribution in [3.63, 3.8) is 0 Å². The van der Waals surface area contributed by atoms with Gasteiger partial charge >= 0.3 is 0 Å². The molecule has 2 atom stereocenters. The highest BCUT2D eigenvalue weighted by atomic mass is 32.2. The molecule has 1 aliphatic rings. The van der Waals surface area contributed by atoms with Crippen molar-refractivity contribution in [2.75, 3.05) is 20.3 Å². The predicted octanol–water partition coefficient (Wildman–Crippen LogP) is 2.50.